The van der Waals surface area contributed by atoms with Gasteiger partial charge < -0.3 is 24.9 Å². The molecule has 0 radical (unpaired) electrons. The number of esters is 1. The zero-order chi connectivity index (χ0) is 30.8. The van der Waals surface area contributed by atoms with Crippen molar-refractivity contribution in [1.29, 1.82) is 0 Å². The third-order valence-electron chi connectivity index (χ3n) is 7.12. The Kier molecular flexibility index (Phi) is 25.2. The fourth-order valence-electron chi connectivity index (χ4n) is 4.72. The van der Waals surface area contributed by atoms with E-state index in [9.17, 15) is 24.1 Å². The molecular weight excluding hydrogens is 549 g/mol. The average molecular weight is 608 g/mol. The first kappa shape index (κ1) is 39.5. The quantitative estimate of drug-likeness (QED) is 0.0392. The molecule has 0 fully saturated rings. The number of unbranched alkanes of at least 4 members (excludes halogenated alkanes) is 16. The lowest BCUT2D eigenvalue weighted by Gasteiger charge is -2.20. The molecule has 0 aliphatic heterocycles. The van der Waals surface area contributed by atoms with Crippen LogP contribution in [0, 0.1) is 0 Å². The average Bonchev–Trinajstić information content (AvgIpc) is 2.89. The molecule has 0 spiro atoms. The van der Waals surface area contributed by atoms with Crippen LogP contribution < -0.4 is 5.32 Å². The number of carboxylic acids is 1. The van der Waals surface area contributed by atoms with E-state index in [1.54, 1.807) is 0 Å². The topological polar surface area (TPSA) is 159 Å². The summed E-state index contributed by atoms with van der Waals surface area (Å²) in [6, 6.07) is -1.37. The van der Waals surface area contributed by atoms with Crippen LogP contribution in [0.2, 0.25) is 0 Å². The minimum absolute atomic E-state index is 0.163. The molecule has 11 heteroatoms. The van der Waals surface area contributed by atoms with E-state index in [0.717, 1.165) is 44.9 Å². The lowest BCUT2D eigenvalue weighted by atomic mass is 10.0. The van der Waals surface area contributed by atoms with E-state index in [1.165, 1.54) is 70.6 Å². The Morgan fingerprint density at radius 3 is 1.63 bits per heavy atom. The van der Waals surface area contributed by atoms with E-state index in [2.05, 4.69) is 23.7 Å². The van der Waals surface area contributed by atoms with Gasteiger partial charge in [0.1, 0.15) is 12.1 Å². The van der Waals surface area contributed by atoms with Crippen LogP contribution in [0.1, 0.15) is 155 Å². The molecule has 41 heavy (non-hydrogen) atoms. The van der Waals surface area contributed by atoms with Crippen LogP contribution in [0.4, 0.5) is 0 Å². The van der Waals surface area contributed by atoms with E-state index in [0.29, 0.717) is 12.8 Å². The molecule has 0 bridgehead atoms. The van der Waals surface area contributed by atoms with Crippen molar-refractivity contribution in [3.63, 3.8) is 0 Å². The van der Waals surface area contributed by atoms with E-state index in [4.69, 9.17) is 14.5 Å². The van der Waals surface area contributed by atoms with Gasteiger partial charge in [-0.2, -0.15) is 0 Å². The lowest BCUT2D eigenvalue weighted by Crippen LogP contribution is -2.43. The largest absolute Gasteiger partial charge is 0.480 e. The number of carbonyl (C=O) groups excluding carboxylic acids is 2. The summed E-state index contributed by atoms with van der Waals surface area (Å²) >= 11 is 0. The fourth-order valence-corrected chi connectivity index (χ4v) is 5.06. The van der Waals surface area contributed by atoms with Gasteiger partial charge in [-0.05, 0) is 19.3 Å². The van der Waals surface area contributed by atoms with Crippen molar-refractivity contribution >= 4 is 25.7 Å². The second-order valence-corrected chi connectivity index (χ2v) is 12.3. The maximum absolute atomic E-state index is 12.6. The zero-order valence-electron chi connectivity index (χ0n) is 25.7. The minimum Gasteiger partial charge on any atom is -0.480 e. The van der Waals surface area contributed by atoms with E-state index >= 15 is 0 Å². The number of aliphatic carboxylic acids is 1. The summed E-state index contributed by atoms with van der Waals surface area (Å²) in [6.07, 6.45) is 20.2. The Bertz CT molecular complexity index is 729. The Morgan fingerprint density at radius 1 is 0.707 bits per heavy atom. The van der Waals surface area contributed by atoms with Crippen molar-refractivity contribution in [3.8, 4) is 0 Å². The van der Waals surface area contributed by atoms with Crippen LogP contribution in [-0.2, 0) is 28.2 Å². The highest BCUT2D eigenvalue weighted by molar-refractivity contribution is 7.46. The fraction of sp³-hybridized carbons (Fsp3) is 0.900. The number of nitrogens with one attached hydrogen (secondary N) is 1. The van der Waals surface area contributed by atoms with Gasteiger partial charge in [-0.3, -0.25) is 14.1 Å². The third kappa shape index (κ3) is 27.1. The van der Waals surface area contributed by atoms with Crippen molar-refractivity contribution < 1.29 is 43.1 Å². The molecule has 0 aromatic heterocycles. The Hall–Kier alpha value is -1.48. The summed E-state index contributed by atoms with van der Waals surface area (Å²) in [6.45, 7) is 3.87. The van der Waals surface area contributed by atoms with Crippen LogP contribution in [0.3, 0.4) is 0 Å². The number of phosphoric ester groups is 1. The molecule has 0 heterocycles. The van der Waals surface area contributed by atoms with Gasteiger partial charge in [0, 0.05) is 12.8 Å². The molecule has 0 saturated heterocycles. The van der Waals surface area contributed by atoms with Crippen LogP contribution in [-0.4, -0.2) is 51.5 Å². The summed E-state index contributed by atoms with van der Waals surface area (Å²) in [7, 11) is -4.74. The van der Waals surface area contributed by atoms with Gasteiger partial charge in [-0.25, -0.2) is 9.36 Å². The molecule has 0 aromatic carbocycles. The molecule has 2 atom stereocenters. The SMILES string of the molecule is CCCCCCCCCCCC(=O)O[C@H](CCCCCCCCCCC)CC(=O)N[C@@H](CCOP(=O)(O)O)C(=O)O. The second kappa shape index (κ2) is 26.2. The lowest BCUT2D eigenvalue weighted by molar-refractivity contribution is -0.151. The van der Waals surface area contributed by atoms with Crippen molar-refractivity contribution in [2.24, 2.45) is 0 Å². The number of carboxylic acid groups (broad SMARTS) is 1. The summed E-state index contributed by atoms with van der Waals surface area (Å²) in [5.74, 6) is -2.28. The summed E-state index contributed by atoms with van der Waals surface area (Å²) in [4.78, 5) is 54.3. The smallest absolute Gasteiger partial charge is 0.469 e. The first-order chi connectivity index (χ1) is 19.6. The van der Waals surface area contributed by atoms with E-state index < -0.39 is 38.5 Å². The summed E-state index contributed by atoms with van der Waals surface area (Å²) in [5, 5.41) is 11.7. The van der Waals surface area contributed by atoms with Crippen LogP contribution >= 0.6 is 7.82 Å². The van der Waals surface area contributed by atoms with Crippen LogP contribution in [0.25, 0.3) is 0 Å². The van der Waals surface area contributed by atoms with Gasteiger partial charge >= 0.3 is 19.8 Å². The van der Waals surface area contributed by atoms with Gasteiger partial charge in [0.2, 0.25) is 5.91 Å². The highest BCUT2D eigenvalue weighted by atomic mass is 31.2. The predicted molar refractivity (Wildman–Crippen MR) is 160 cm³/mol. The zero-order valence-corrected chi connectivity index (χ0v) is 26.6. The first-order valence-electron chi connectivity index (χ1n) is 16.0. The molecule has 0 aromatic rings. The standard InChI is InChI=1S/C30H58NO9P/c1-3-5-7-9-11-13-15-17-19-21-26(40-29(33)22-20-18-16-14-12-10-8-6-4-2)25-28(32)31-27(30(34)35)23-24-39-41(36,37)38/h26-27H,3-25H2,1-2H3,(H,31,32)(H,34,35)(H2,36,37,38)/t26-,27+/m1/s1. The number of hydrogen-bond donors (Lipinski definition) is 4. The van der Waals surface area contributed by atoms with E-state index in [-0.39, 0.29) is 18.8 Å². The Morgan fingerprint density at radius 2 is 1.17 bits per heavy atom. The molecule has 0 rings (SSSR count). The summed E-state index contributed by atoms with van der Waals surface area (Å²) < 4.78 is 20.8. The highest BCUT2D eigenvalue weighted by Crippen LogP contribution is 2.35. The third-order valence-corrected chi connectivity index (χ3v) is 7.64. The normalized spacial score (nSPS) is 13.1. The number of ether oxygens (including phenoxy) is 1. The number of hydrogen-bond acceptors (Lipinski definition) is 6. The van der Waals surface area contributed by atoms with Gasteiger partial charge in [0.15, 0.2) is 0 Å². The highest BCUT2D eigenvalue weighted by Gasteiger charge is 2.25. The van der Waals surface area contributed by atoms with Crippen molar-refractivity contribution in [2.45, 2.75) is 167 Å². The number of phosphoric acid groups is 1. The predicted octanol–water partition coefficient (Wildman–Crippen LogP) is 7.20. The van der Waals surface area contributed by atoms with Gasteiger partial charge in [-0.1, -0.05) is 117 Å². The molecule has 242 valence electrons. The van der Waals surface area contributed by atoms with Gasteiger partial charge in [0.25, 0.3) is 0 Å². The molecule has 0 unspecified atom stereocenters. The van der Waals surface area contributed by atoms with Crippen molar-refractivity contribution in [1.82, 2.24) is 5.32 Å². The molecule has 4 N–H and O–H groups in total. The van der Waals surface area contributed by atoms with Crippen molar-refractivity contribution in [2.75, 3.05) is 6.61 Å². The van der Waals surface area contributed by atoms with Crippen LogP contribution in [0.5, 0.6) is 0 Å². The molecular formula is C30H58NO9P. The Labute approximate surface area is 248 Å². The summed E-state index contributed by atoms with van der Waals surface area (Å²) in [5.41, 5.74) is 0. The maximum atomic E-state index is 12.6. The second-order valence-electron chi connectivity index (χ2n) is 11.1. The minimum atomic E-state index is -4.74. The Balaban J connectivity index is 4.65. The number of amides is 1. The monoisotopic (exact) mass is 607 g/mol. The van der Waals surface area contributed by atoms with Crippen molar-refractivity contribution in [3.05, 3.63) is 0 Å². The van der Waals surface area contributed by atoms with Gasteiger partial charge in [-0.15, -0.1) is 0 Å². The number of carbonyl (C=O) groups is 3. The molecule has 0 aliphatic carbocycles. The molecule has 1 amide bonds. The number of rotatable bonds is 29. The first-order valence-corrected chi connectivity index (χ1v) is 17.5. The molecule has 0 aliphatic rings. The van der Waals surface area contributed by atoms with Gasteiger partial charge in [0.05, 0.1) is 13.0 Å². The maximum Gasteiger partial charge on any atom is 0.469 e. The van der Waals surface area contributed by atoms with Crippen LogP contribution in [0.15, 0.2) is 0 Å². The molecule has 0 saturated carbocycles. The van der Waals surface area contributed by atoms with E-state index in [1.807, 2.05) is 0 Å². The molecule has 10 nitrogen and oxygen atoms in total.